The molecule has 0 saturated carbocycles. The van der Waals surface area contributed by atoms with Gasteiger partial charge in [0.05, 0.1) is 17.5 Å². The minimum Gasteiger partial charge on any atom is -0.256 e. The summed E-state index contributed by atoms with van der Waals surface area (Å²) in [4.78, 5) is 4.47. The topological polar surface area (TPSA) is 34.1 Å². The maximum Gasteiger partial charge on any atom is 0.326 e. The maximum absolute atomic E-state index is 4.47. The zero-order chi connectivity index (χ0) is 12.4. The van der Waals surface area contributed by atoms with Crippen molar-refractivity contribution >= 4 is 27.2 Å². The monoisotopic (exact) mass is 265 g/mol. The molecule has 19 heavy (non-hydrogen) atoms. The molecule has 5 rings (SSSR count). The Morgan fingerprint density at radius 1 is 1.21 bits per heavy atom. The zero-order valence-electron chi connectivity index (χ0n) is 9.95. The van der Waals surface area contributed by atoms with Gasteiger partial charge in [0, 0.05) is 12.3 Å². The second-order valence-corrected chi connectivity index (χ2v) is 5.71. The molecule has 0 unspecified atom stereocenters. The molecule has 90 valence electrons. The fraction of sp³-hybridized carbons (Fsp3) is 0.0714. The maximum atomic E-state index is 4.47. The summed E-state index contributed by atoms with van der Waals surface area (Å²) < 4.78 is 5.61. The number of pyridine rings is 1. The van der Waals surface area contributed by atoms with Crippen molar-refractivity contribution < 1.29 is 4.57 Å². The molecular weight excluding hydrogens is 256 g/mol. The lowest BCUT2D eigenvalue weighted by molar-refractivity contribution is -0.644. The molecule has 0 atom stereocenters. The summed E-state index contributed by atoms with van der Waals surface area (Å²) in [6, 6.07) is 10.4. The van der Waals surface area contributed by atoms with Gasteiger partial charge in [-0.3, -0.25) is 4.98 Å². The lowest BCUT2D eigenvalue weighted by Crippen LogP contribution is -2.32. The summed E-state index contributed by atoms with van der Waals surface area (Å²) in [5, 5.41) is 5.75. The van der Waals surface area contributed by atoms with E-state index in [1.165, 1.54) is 20.9 Å². The van der Waals surface area contributed by atoms with Gasteiger partial charge in [-0.2, -0.15) is 0 Å². The fourth-order valence-corrected chi connectivity index (χ4v) is 4.04. The Bertz CT molecular complexity index is 951. The quantitative estimate of drug-likeness (QED) is 0.402. The van der Waals surface area contributed by atoms with Crippen LogP contribution in [-0.2, 0) is 6.54 Å². The van der Waals surface area contributed by atoms with E-state index in [-0.39, 0.29) is 0 Å². The predicted molar refractivity (Wildman–Crippen MR) is 73.1 cm³/mol. The predicted octanol–water partition coefficient (Wildman–Crippen LogP) is 2.26. The average molecular weight is 265 g/mol. The molecule has 1 aliphatic rings. The van der Waals surface area contributed by atoms with Crippen molar-refractivity contribution in [2.75, 3.05) is 0 Å². The van der Waals surface area contributed by atoms with E-state index in [0.717, 1.165) is 17.8 Å². The summed E-state index contributed by atoms with van der Waals surface area (Å²) in [5.41, 5.74) is 4.73. The van der Waals surface area contributed by atoms with Crippen LogP contribution in [0.2, 0.25) is 0 Å². The summed E-state index contributed by atoms with van der Waals surface area (Å²) in [5.74, 6) is 0. The number of rotatable bonds is 0. The molecule has 0 saturated heterocycles. The number of nitrogens with zero attached hydrogens (tertiary/aromatic N) is 4. The second-order valence-electron chi connectivity index (χ2n) is 4.68. The standard InChI is InChI=1S/C14H9N4S/c1-3-9-7-12-13(18(9)16-6-1)17-8-11-10(14(17)19-12)4-2-5-15-11/h1-7H,8H2/q+1. The lowest BCUT2D eigenvalue weighted by Gasteiger charge is -1.90. The summed E-state index contributed by atoms with van der Waals surface area (Å²) in [7, 11) is 0. The highest BCUT2D eigenvalue weighted by molar-refractivity contribution is 7.21. The Labute approximate surface area is 112 Å². The summed E-state index contributed by atoms with van der Waals surface area (Å²) >= 11 is 1.82. The SMILES string of the molecule is c1cnc2c(c1)-c1sc3cc4cccnn4c3[n+]1C2. The van der Waals surface area contributed by atoms with E-state index in [0.29, 0.717) is 0 Å². The van der Waals surface area contributed by atoms with E-state index in [1.807, 2.05) is 40.4 Å². The van der Waals surface area contributed by atoms with Crippen LogP contribution in [0.4, 0.5) is 0 Å². The van der Waals surface area contributed by atoms with E-state index in [1.54, 1.807) is 0 Å². The third-order valence-corrected chi connectivity index (χ3v) is 4.77. The first kappa shape index (κ1) is 9.63. The van der Waals surface area contributed by atoms with Gasteiger partial charge >= 0.3 is 5.65 Å². The molecule has 4 aromatic heterocycles. The van der Waals surface area contributed by atoms with Gasteiger partial charge in [-0.1, -0.05) is 21.0 Å². The van der Waals surface area contributed by atoms with Crippen LogP contribution < -0.4 is 4.57 Å². The van der Waals surface area contributed by atoms with Gasteiger partial charge in [-0.25, -0.2) is 4.57 Å². The Balaban J connectivity index is 1.94. The normalized spacial score (nSPS) is 13.1. The Morgan fingerprint density at radius 2 is 2.16 bits per heavy atom. The number of aromatic nitrogens is 4. The molecule has 5 heteroatoms. The summed E-state index contributed by atoms with van der Waals surface area (Å²) in [6.07, 6.45) is 3.69. The zero-order valence-corrected chi connectivity index (χ0v) is 10.8. The highest BCUT2D eigenvalue weighted by atomic mass is 32.1. The number of hydrogen-bond donors (Lipinski definition) is 0. The first-order valence-electron chi connectivity index (χ1n) is 6.15. The number of thiazole rings is 1. The minimum absolute atomic E-state index is 0.841. The number of fused-ring (bicyclic) bond motifs is 7. The van der Waals surface area contributed by atoms with Crippen LogP contribution in [-0.4, -0.2) is 14.6 Å². The summed E-state index contributed by atoms with van der Waals surface area (Å²) in [6.45, 7) is 0.841. The van der Waals surface area contributed by atoms with E-state index >= 15 is 0 Å². The average Bonchev–Trinajstić information content (AvgIpc) is 3.05. The van der Waals surface area contributed by atoms with Gasteiger partial charge in [0.2, 0.25) is 0 Å². The molecule has 0 spiro atoms. The van der Waals surface area contributed by atoms with Crippen molar-refractivity contribution in [1.29, 1.82) is 0 Å². The fourth-order valence-electron chi connectivity index (χ4n) is 2.81. The van der Waals surface area contributed by atoms with Gasteiger partial charge < -0.3 is 0 Å². The van der Waals surface area contributed by atoms with Crippen molar-refractivity contribution in [2.45, 2.75) is 6.54 Å². The molecule has 0 aromatic carbocycles. The highest BCUT2D eigenvalue weighted by Crippen LogP contribution is 2.35. The van der Waals surface area contributed by atoms with Crippen molar-refractivity contribution in [1.82, 2.24) is 14.6 Å². The van der Waals surface area contributed by atoms with Crippen LogP contribution in [0.1, 0.15) is 5.69 Å². The Hall–Kier alpha value is -2.27. The molecule has 1 aliphatic heterocycles. The van der Waals surface area contributed by atoms with Crippen LogP contribution in [0.15, 0.2) is 42.7 Å². The molecule has 0 N–H and O–H groups in total. The minimum atomic E-state index is 0.841. The molecule has 0 amide bonds. The highest BCUT2D eigenvalue weighted by Gasteiger charge is 2.31. The van der Waals surface area contributed by atoms with Crippen LogP contribution in [0.3, 0.4) is 0 Å². The van der Waals surface area contributed by atoms with Gasteiger partial charge in [-0.05, 0) is 24.3 Å². The third kappa shape index (κ3) is 1.11. The third-order valence-electron chi connectivity index (χ3n) is 3.62. The van der Waals surface area contributed by atoms with Crippen LogP contribution in [0.5, 0.6) is 0 Å². The molecular formula is C14H9N4S+. The van der Waals surface area contributed by atoms with E-state index in [4.69, 9.17) is 0 Å². The van der Waals surface area contributed by atoms with E-state index < -0.39 is 0 Å². The second kappa shape index (κ2) is 3.19. The van der Waals surface area contributed by atoms with Crippen molar-refractivity contribution in [2.24, 2.45) is 0 Å². The molecule has 0 fully saturated rings. The van der Waals surface area contributed by atoms with Crippen LogP contribution in [0, 0.1) is 0 Å². The van der Waals surface area contributed by atoms with Crippen molar-refractivity contribution in [3.8, 4) is 10.6 Å². The number of hydrogen-bond acceptors (Lipinski definition) is 3. The molecule has 0 aliphatic carbocycles. The molecule has 4 nitrogen and oxygen atoms in total. The molecule has 5 heterocycles. The van der Waals surface area contributed by atoms with Gasteiger partial charge in [0.25, 0.3) is 0 Å². The van der Waals surface area contributed by atoms with Crippen molar-refractivity contribution in [3.05, 3.63) is 48.4 Å². The van der Waals surface area contributed by atoms with Crippen LogP contribution >= 0.6 is 11.3 Å². The first-order valence-corrected chi connectivity index (χ1v) is 6.97. The molecule has 0 radical (unpaired) electrons. The molecule has 4 aromatic rings. The van der Waals surface area contributed by atoms with Gasteiger partial charge in [-0.15, -0.1) is 0 Å². The van der Waals surface area contributed by atoms with Crippen LogP contribution in [0.25, 0.3) is 26.4 Å². The lowest BCUT2D eigenvalue weighted by atomic mass is 10.2. The van der Waals surface area contributed by atoms with Crippen molar-refractivity contribution in [3.63, 3.8) is 0 Å². The van der Waals surface area contributed by atoms with E-state index in [2.05, 4.69) is 32.8 Å². The van der Waals surface area contributed by atoms with Gasteiger partial charge in [0.1, 0.15) is 11.2 Å². The molecule has 0 bridgehead atoms. The first-order chi connectivity index (χ1) is 9.42. The van der Waals surface area contributed by atoms with Gasteiger partial charge in [0.15, 0.2) is 10.5 Å². The Morgan fingerprint density at radius 3 is 3.16 bits per heavy atom. The Kier molecular flexibility index (Phi) is 1.62. The van der Waals surface area contributed by atoms with E-state index in [9.17, 15) is 0 Å². The smallest absolute Gasteiger partial charge is 0.256 e. The largest absolute Gasteiger partial charge is 0.326 e.